The smallest absolute Gasteiger partial charge is 0.119 e. The Labute approximate surface area is 122 Å². The normalized spacial score (nSPS) is 18.9. The van der Waals surface area contributed by atoms with Gasteiger partial charge in [0, 0.05) is 7.11 Å². The molecule has 1 aromatic carbocycles. The van der Waals surface area contributed by atoms with Gasteiger partial charge in [0.25, 0.3) is 0 Å². The van der Waals surface area contributed by atoms with Crippen LogP contribution in [0, 0.1) is 0 Å². The highest BCUT2D eigenvalue weighted by Crippen LogP contribution is 2.43. The lowest BCUT2D eigenvalue weighted by atomic mass is 9.86. The summed E-state index contributed by atoms with van der Waals surface area (Å²) in [5.74, 6) is 0.942. The van der Waals surface area contributed by atoms with Gasteiger partial charge < -0.3 is 14.8 Å². The van der Waals surface area contributed by atoms with E-state index in [2.05, 4.69) is 30.4 Å². The Balaban J connectivity index is 2.29. The summed E-state index contributed by atoms with van der Waals surface area (Å²) in [6, 6.07) is 8.65. The molecule has 20 heavy (non-hydrogen) atoms. The second-order valence-corrected chi connectivity index (χ2v) is 5.47. The molecule has 0 aliphatic heterocycles. The van der Waals surface area contributed by atoms with Gasteiger partial charge in [0.05, 0.1) is 18.2 Å². The molecule has 0 saturated heterocycles. The Morgan fingerprint density at radius 1 is 1.25 bits per heavy atom. The average molecular weight is 277 g/mol. The molecule has 1 unspecified atom stereocenters. The molecule has 1 aromatic rings. The molecule has 1 N–H and O–H groups in total. The molecule has 0 spiro atoms. The molecule has 3 nitrogen and oxygen atoms in total. The molecular weight excluding hydrogens is 250 g/mol. The molecule has 0 radical (unpaired) electrons. The van der Waals surface area contributed by atoms with Gasteiger partial charge in [-0.05, 0) is 44.0 Å². The van der Waals surface area contributed by atoms with Crippen LogP contribution >= 0.6 is 0 Å². The van der Waals surface area contributed by atoms with Crippen molar-refractivity contribution < 1.29 is 9.47 Å². The Kier molecular flexibility index (Phi) is 5.44. The second kappa shape index (κ2) is 7.09. The van der Waals surface area contributed by atoms with Crippen LogP contribution in [-0.2, 0) is 4.74 Å². The SMILES string of the molecule is CCNC(c1cccc(OCC)c1)C1(OC)CCCC1. The van der Waals surface area contributed by atoms with Gasteiger partial charge in [-0.2, -0.15) is 0 Å². The molecule has 1 aliphatic rings. The summed E-state index contributed by atoms with van der Waals surface area (Å²) in [7, 11) is 1.85. The molecule has 0 bridgehead atoms. The minimum Gasteiger partial charge on any atom is -0.494 e. The van der Waals surface area contributed by atoms with E-state index in [0.29, 0.717) is 6.61 Å². The zero-order valence-electron chi connectivity index (χ0n) is 12.9. The van der Waals surface area contributed by atoms with Gasteiger partial charge in [-0.1, -0.05) is 31.9 Å². The molecule has 1 saturated carbocycles. The fourth-order valence-corrected chi connectivity index (χ4v) is 3.35. The predicted molar refractivity (Wildman–Crippen MR) is 82.2 cm³/mol. The monoisotopic (exact) mass is 277 g/mol. The van der Waals surface area contributed by atoms with Crippen molar-refractivity contribution in [2.24, 2.45) is 0 Å². The van der Waals surface area contributed by atoms with E-state index in [0.717, 1.165) is 25.1 Å². The summed E-state index contributed by atoms with van der Waals surface area (Å²) in [5, 5.41) is 3.62. The first kappa shape index (κ1) is 15.3. The molecule has 0 aromatic heterocycles. The average Bonchev–Trinajstić information content (AvgIpc) is 2.95. The van der Waals surface area contributed by atoms with Crippen LogP contribution in [0.4, 0.5) is 0 Å². The molecule has 3 heteroatoms. The zero-order chi connectivity index (χ0) is 14.4. The van der Waals surface area contributed by atoms with Gasteiger partial charge in [0.15, 0.2) is 0 Å². The first-order chi connectivity index (χ1) is 9.75. The Hall–Kier alpha value is -1.06. The highest BCUT2D eigenvalue weighted by Gasteiger charge is 2.42. The van der Waals surface area contributed by atoms with Crippen LogP contribution in [0.15, 0.2) is 24.3 Å². The third-order valence-electron chi connectivity index (χ3n) is 4.29. The quantitative estimate of drug-likeness (QED) is 0.824. The molecule has 1 fully saturated rings. The Morgan fingerprint density at radius 3 is 2.60 bits per heavy atom. The minimum absolute atomic E-state index is 0.0686. The molecule has 2 rings (SSSR count). The van der Waals surface area contributed by atoms with Gasteiger partial charge in [0.1, 0.15) is 5.75 Å². The van der Waals surface area contributed by atoms with Crippen molar-refractivity contribution in [3.8, 4) is 5.75 Å². The number of likely N-dealkylation sites (N-methyl/N-ethyl adjacent to an activating group) is 1. The van der Waals surface area contributed by atoms with E-state index in [9.17, 15) is 0 Å². The van der Waals surface area contributed by atoms with Crippen LogP contribution in [0.5, 0.6) is 5.75 Å². The number of nitrogens with one attached hydrogen (secondary N) is 1. The van der Waals surface area contributed by atoms with Gasteiger partial charge in [-0.3, -0.25) is 0 Å². The number of hydrogen-bond donors (Lipinski definition) is 1. The lowest BCUT2D eigenvalue weighted by molar-refractivity contribution is -0.0364. The van der Waals surface area contributed by atoms with E-state index < -0.39 is 0 Å². The van der Waals surface area contributed by atoms with Crippen molar-refractivity contribution in [3.05, 3.63) is 29.8 Å². The van der Waals surface area contributed by atoms with Crippen molar-refractivity contribution in [1.82, 2.24) is 5.32 Å². The number of methoxy groups -OCH3 is 1. The number of rotatable bonds is 7. The number of hydrogen-bond acceptors (Lipinski definition) is 3. The van der Waals surface area contributed by atoms with E-state index in [-0.39, 0.29) is 11.6 Å². The van der Waals surface area contributed by atoms with Crippen molar-refractivity contribution in [2.75, 3.05) is 20.3 Å². The van der Waals surface area contributed by atoms with E-state index in [1.807, 2.05) is 20.1 Å². The van der Waals surface area contributed by atoms with E-state index in [4.69, 9.17) is 9.47 Å². The fourth-order valence-electron chi connectivity index (χ4n) is 3.35. The first-order valence-electron chi connectivity index (χ1n) is 7.77. The maximum absolute atomic E-state index is 5.96. The van der Waals surface area contributed by atoms with Crippen LogP contribution in [0.1, 0.15) is 51.1 Å². The second-order valence-electron chi connectivity index (χ2n) is 5.47. The lowest BCUT2D eigenvalue weighted by Crippen LogP contribution is -2.43. The molecular formula is C17H27NO2. The maximum atomic E-state index is 5.96. The zero-order valence-corrected chi connectivity index (χ0v) is 12.9. The van der Waals surface area contributed by atoms with Crippen molar-refractivity contribution in [3.63, 3.8) is 0 Å². The van der Waals surface area contributed by atoms with E-state index in [1.54, 1.807) is 0 Å². The van der Waals surface area contributed by atoms with Crippen LogP contribution in [0.3, 0.4) is 0 Å². The largest absolute Gasteiger partial charge is 0.494 e. The number of ether oxygens (including phenoxy) is 2. The standard InChI is InChI=1S/C17H27NO2/c1-4-18-16(17(19-3)11-6-7-12-17)14-9-8-10-15(13-14)20-5-2/h8-10,13,16,18H,4-7,11-12H2,1-3H3. The van der Waals surface area contributed by atoms with Crippen LogP contribution in [0.25, 0.3) is 0 Å². The molecule has 0 amide bonds. The van der Waals surface area contributed by atoms with E-state index >= 15 is 0 Å². The highest BCUT2D eigenvalue weighted by atomic mass is 16.5. The summed E-state index contributed by atoms with van der Waals surface area (Å²) in [6.07, 6.45) is 4.75. The maximum Gasteiger partial charge on any atom is 0.119 e. The predicted octanol–water partition coefficient (Wildman–Crippen LogP) is 3.70. The van der Waals surface area contributed by atoms with Crippen molar-refractivity contribution in [1.29, 1.82) is 0 Å². The Morgan fingerprint density at radius 2 is 2.00 bits per heavy atom. The van der Waals surface area contributed by atoms with Gasteiger partial charge in [0.2, 0.25) is 0 Å². The third-order valence-corrected chi connectivity index (χ3v) is 4.29. The summed E-state index contributed by atoms with van der Waals surface area (Å²) >= 11 is 0. The summed E-state index contributed by atoms with van der Waals surface area (Å²) in [4.78, 5) is 0. The highest BCUT2D eigenvalue weighted by molar-refractivity contribution is 5.32. The Bertz CT molecular complexity index is 413. The lowest BCUT2D eigenvalue weighted by Gasteiger charge is -2.37. The number of benzene rings is 1. The van der Waals surface area contributed by atoms with Crippen molar-refractivity contribution >= 4 is 0 Å². The molecule has 1 aliphatic carbocycles. The minimum atomic E-state index is -0.0686. The van der Waals surface area contributed by atoms with Gasteiger partial charge >= 0.3 is 0 Å². The summed E-state index contributed by atoms with van der Waals surface area (Å²) in [5.41, 5.74) is 1.20. The van der Waals surface area contributed by atoms with Gasteiger partial charge in [-0.15, -0.1) is 0 Å². The summed E-state index contributed by atoms with van der Waals surface area (Å²) in [6.45, 7) is 5.80. The van der Waals surface area contributed by atoms with Crippen LogP contribution < -0.4 is 10.1 Å². The van der Waals surface area contributed by atoms with Crippen LogP contribution in [0.2, 0.25) is 0 Å². The fraction of sp³-hybridized carbons (Fsp3) is 0.647. The summed E-state index contributed by atoms with van der Waals surface area (Å²) < 4.78 is 11.6. The van der Waals surface area contributed by atoms with Crippen LogP contribution in [-0.4, -0.2) is 25.9 Å². The third kappa shape index (κ3) is 3.15. The van der Waals surface area contributed by atoms with Gasteiger partial charge in [-0.25, -0.2) is 0 Å². The molecule has 1 atom stereocenters. The molecule has 112 valence electrons. The van der Waals surface area contributed by atoms with Crippen molar-refractivity contribution in [2.45, 2.75) is 51.2 Å². The topological polar surface area (TPSA) is 30.5 Å². The first-order valence-corrected chi connectivity index (χ1v) is 7.77. The molecule has 0 heterocycles. The van der Waals surface area contributed by atoms with E-state index in [1.165, 1.54) is 18.4 Å².